The number of aryl methyl sites for hydroxylation is 1. The molecule has 29 heavy (non-hydrogen) atoms. The van der Waals surface area contributed by atoms with Gasteiger partial charge < -0.3 is 21.3 Å². The van der Waals surface area contributed by atoms with Gasteiger partial charge in [0.1, 0.15) is 5.82 Å². The monoisotopic (exact) mass is 393 g/mol. The molecule has 0 aliphatic rings. The Bertz CT molecular complexity index is 1000. The molecular formula is C21H27N7O. The lowest BCUT2D eigenvalue weighted by atomic mass is 10.1. The first-order valence-corrected chi connectivity index (χ1v) is 9.58. The van der Waals surface area contributed by atoms with E-state index < -0.39 is 0 Å². The van der Waals surface area contributed by atoms with Crippen molar-refractivity contribution in [3.05, 3.63) is 53.5 Å². The maximum absolute atomic E-state index is 12.5. The fourth-order valence-corrected chi connectivity index (χ4v) is 3.06. The third kappa shape index (κ3) is 5.17. The van der Waals surface area contributed by atoms with Crippen molar-refractivity contribution in [2.24, 2.45) is 0 Å². The number of nitrogen functional groups attached to an aromatic ring is 1. The number of hydrogen-bond acceptors (Lipinski definition) is 7. The van der Waals surface area contributed by atoms with Gasteiger partial charge in [0, 0.05) is 36.4 Å². The van der Waals surface area contributed by atoms with Gasteiger partial charge >= 0.3 is 0 Å². The smallest absolute Gasteiger partial charge is 0.273 e. The zero-order chi connectivity index (χ0) is 20.8. The third-order valence-electron chi connectivity index (χ3n) is 4.58. The number of carbonyl (C=O) groups excluding carboxylic acids is 1. The highest BCUT2D eigenvalue weighted by atomic mass is 16.1. The Labute approximate surface area is 170 Å². The fourth-order valence-electron chi connectivity index (χ4n) is 3.06. The van der Waals surface area contributed by atoms with Crippen molar-refractivity contribution in [2.45, 2.75) is 19.9 Å². The molecular weight excluding hydrogens is 366 g/mol. The van der Waals surface area contributed by atoms with E-state index in [0.29, 0.717) is 6.54 Å². The molecule has 0 saturated carbocycles. The molecule has 1 aromatic carbocycles. The van der Waals surface area contributed by atoms with Crippen molar-refractivity contribution in [1.82, 2.24) is 25.2 Å². The molecule has 8 heteroatoms. The molecule has 0 aliphatic heterocycles. The predicted molar refractivity (Wildman–Crippen MR) is 116 cm³/mol. The largest absolute Gasteiger partial charge is 0.382 e. The number of anilines is 2. The molecule has 4 N–H and O–H groups in total. The number of carbonyl (C=O) groups is 1. The van der Waals surface area contributed by atoms with Crippen molar-refractivity contribution in [1.29, 1.82) is 0 Å². The summed E-state index contributed by atoms with van der Waals surface area (Å²) in [6.45, 7) is 4.13. The van der Waals surface area contributed by atoms with Gasteiger partial charge in [-0.25, -0.2) is 15.0 Å². The first kappa shape index (κ1) is 20.5. The van der Waals surface area contributed by atoms with E-state index in [1.807, 2.05) is 25.1 Å². The predicted octanol–water partition coefficient (Wildman–Crippen LogP) is 2.21. The summed E-state index contributed by atoms with van der Waals surface area (Å²) in [6, 6.07) is 8.14. The average Bonchev–Trinajstić information content (AvgIpc) is 2.70. The van der Waals surface area contributed by atoms with Crippen molar-refractivity contribution in [2.75, 3.05) is 38.2 Å². The Balaban J connectivity index is 1.81. The van der Waals surface area contributed by atoms with Crippen LogP contribution >= 0.6 is 0 Å². The highest BCUT2D eigenvalue weighted by Crippen LogP contribution is 2.23. The van der Waals surface area contributed by atoms with Gasteiger partial charge in [0.2, 0.25) is 0 Å². The molecule has 2 heterocycles. The van der Waals surface area contributed by atoms with Crippen LogP contribution in [-0.2, 0) is 6.54 Å². The second-order valence-corrected chi connectivity index (χ2v) is 7.20. The van der Waals surface area contributed by atoms with Crippen molar-refractivity contribution in [3.8, 4) is 0 Å². The summed E-state index contributed by atoms with van der Waals surface area (Å²) in [5, 5.41) is 7.33. The molecule has 0 spiro atoms. The number of rotatable bonds is 8. The minimum Gasteiger partial charge on any atom is -0.382 e. The first-order valence-electron chi connectivity index (χ1n) is 9.58. The number of nitrogens with one attached hydrogen (secondary N) is 2. The molecule has 0 aliphatic carbocycles. The summed E-state index contributed by atoms with van der Waals surface area (Å²) < 4.78 is 0. The van der Waals surface area contributed by atoms with Crippen LogP contribution in [-0.4, -0.2) is 52.9 Å². The summed E-state index contributed by atoms with van der Waals surface area (Å²) >= 11 is 0. The minimum absolute atomic E-state index is 0.110. The second kappa shape index (κ2) is 9.29. The van der Waals surface area contributed by atoms with Crippen LogP contribution in [0.25, 0.3) is 10.9 Å². The molecule has 3 rings (SSSR count). The fraction of sp³-hybridized carbons (Fsp3) is 0.333. The van der Waals surface area contributed by atoms with Crippen LogP contribution in [0.1, 0.15) is 28.0 Å². The zero-order valence-electron chi connectivity index (χ0n) is 17.1. The molecule has 2 aromatic heterocycles. The van der Waals surface area contributed by atoms with E-state index in [2.05, 4.69) is 45.7 Å². The van der Waals surface area contributed by atoms with Crippen LogP contribution in [0.3, 0.4) is 0 Å². The van der Waals surface area contributed by atoms with E-state index in [9.17, 15) is 4.79 Å². The van der Waals surface area contributed by atoms with E-state index >= 15 is 0 Å². The summed E-state index contributed by atoms with van der Waals surface area (Å²) in [7, 11) is 4.10. The topological polar surface area (TPSA) is 109 Å². The van der Waals surface area contributed by atoms with Gasteiger partial charge in [-0.1, -0.05) is 18.2 Å². The summed E-state index contributed by atoms with van der Waals surface area (Å²) in [6.07, 6.45) is 3.89. The van der Waals surface area contributed by atoms with Crippen molar-refractivity contribution >= 4 is 28.4 Å². The van der Waals surface area contributed by atoms with Crippen LogP contribution in [0.15, 0.2) is 36.7 Å². The highest BCUT2D eigenvalue weighted by Gasteiger charge is 2.14. The van der Waals surface area contributed by atoms with E-state index in [4.69, 9.17) is 10.7 Å². The Morgan fingerprint density at radius 1 is 1.21 bits per heavy atom. The van der Waals surface area contributed by atoms with Gasteiger partial charge in [0.05, 0.1) is 5.52 Å². The number of amides is 1. The van der Waals surface area contributed by atoms with Gasteiger partial charge in [-0.3, -0.25) is 4.79 Å². The van der Waals surface area contributed by atoms with Crippen molar-refractivity contribution in [3.63, 3.8) is 0 Å². The van der Waals surface area contributed by atoms with E-state index in [0.717, 1.165) is 47.4 Å². The van der Waals surface area contributed by atoms with Crippen LogP contribution in [0.5, 0.6) is 0 Å². The lowest BCUT2D eigenvalue weighted by Gasteiger charge is -2.15. The molecule has 0 fully saturated rings. The number of pyridine rings is 1. The standard InChI is InChI=1S/C21H27N7O/c1-14-6-4-7-15-12-16(13-26-21(29)18-19(22)24-10-9-23-18)20(27-17(14)15)25-8-5-11-28(2)3/h4,6-7,9-10,12H,5,8,11,13H2,1-3H3,(H2,22,24)(H,25,27)(H,26,29). The number of benzene rings is 1. The highest BCUT2D eigenvalue weighted by molar-refractivity contribution is 5.96. The maximum atomic E-state index is 12.5. The first-order chi connectivity index (χ1) is 14.0. The van der Waals surface area contributed by atoms with Gasteiger partial charge in [0.15, 0.2) is 11.5 Å². The number of fused-ring (bicyclic) bond motifs is 1. The molecule has 0 radical (unpaired) electrons. The number of hydrogen-bond donors (Lipinski definition) is 3. The van der Waals surface area contributed by atoms with E-state index in [-0.39, 0.29) is 17.4 Å². The van der Waals surface area contributed by atoms with Crippen LogP contribution < -0.4 is 16.4 Å². The quantitative estimate of drug-likeness (QED) is 0.503. The van der Waals surface area contributed by atoms with Crippen LogP contribution in [0.2, 0.25) is 0 Å². The number of aromatic nitrogens is 3. The molecule has 8 nitrogen and oxygen atoms in total. The van der Waals surface area contributed by atoms with Gasteiger partial charge in [0.25, 0.3) is 5.91 Å². The number of nitrogens with two attached hydrogens (primary N) is 1. The van der Waals surface area contributed by atoms with Crippen LogP contribution in [0, 0.1) is 6.92 Å². The number of nitrogens with zero attached hydrogens (tertiary/aromatic N) is 4. The Hall–Kier alpha value is -3.26. The lowest BCUT2D eigenvalue weighted by Crippen LogP contribution is -2.26. The van der Waals surface area contributed by atoms with Crippen molar-refractivity contribution < 1.29 is 4.79 Å². The summed E-state index contributed by atoms with van der Waals surface area (Å²) in [5.41, 5.74) is 8.85. The normalized spacial score (nSPS) is 11.0. The zero-order valence-corrected chi connectivity index (χ0v) is 17.1. The van der Waals surface area contributed by atoms with Gasteiger partial charge in [-0.2, -0.15) is 0 Å². The Morgan fingerprint density at radius 2 is 2.00 bits per heavy atom. The summed E-state index contributed by atoms with van der Waals surface area (Å²) in [5.74, 6) is 0.524. The molecule has 3 aromatic rings. The lowest BCUT2D eigenvalue weighted by molar-refractivity contribution is 0.0946. The molecule has 0 saturated heterocycles. The van der Waals surface area contributed by atoms with Gasteiger partial charge in [-0.15, -0.1) is 0 Å². The SMILES string of the molecule is Cc1cccc2cc(CNC(=O)c3nccnc3N)c(NCCCN(C)C)nc12. The van der Waals surface area contributed by atoms with Gasteiger partial charge in [-0.05, 0) is 45.6 Å². The molecule has 0 unspecified atom stereocenters. The van der Waals surface area contributed by atoms with E-state index in [1.54, 1.807) is 0 Å². The maximum Gasteiger partial charge on any atom is 0.273 e. The number of para-hydroxylation sites is 1. The minimum atomic E-state index is -0.363. The molecule has 1 amide bonds. The molecule has 0 atom stereocenters. The van der Waals surface area contributed by atoms with Crippen LogP contribution in [0.4, 0.5) is 11.6 Å². The average molecular weight is 393 g/mol. The summed E-state index contributed by atoms with van der Waals surface area (Å²) in [4.78, 5) is 27.4. The third-order valence-corrected chi connectivity index (χ3v) is 4.58. The Morgan fingerprint density at radius 3 is 2.76 bits per heavy atom. The molecule has 0 bridgehead atoms. The molecule has 152 valence electrons. The second-order valence-electron chi connectivity index (χ2n) is 7.20. The van der Waals surface area contributed by atoms with E-state index in [1.165, 1.54) is 12.4 Å². The Kier molecular flexibility index (Phi) is 6.56.